The second-order valence-electron chi connectivity index (χ2n) is 15.3. The van der Waals surface area contributed by atoms with E-state index in [-0.39, 0.29) is 0 Å². The molecule has 0 aliphatic heterocycles. The molecule has 55 heavy (non-hydrogen) atoms. The first kappa shape index (κ1) is 32.0. The van der Waals surface area contributed by atoms with Crippen molar-refractivity contribution in [1.82, 2.24) is 9.13 Å². The molecule has 0 N–H and O–H groups in total. The van der Waals surface area contributed by atoms with Crippen molar-refractivity contribution in [2.24, 2.45) is 5.92 Å². The average molecular weight is 723 g/mol. The first-order valence-electron chi connectivity index (χ1n) is 19.3. The van der Waals surface area contributed by atoms with E-state index >= 15 is 0 Å². The predicted molar refractivity (Wildman–Crippen MR) is 237 cm³/mol. The van der Waals surface area contributed by atoms with Crippen LogP contribution in [0.5, 0.6) is 0 Å². The maximum absolute atomic E-state index is 2.44. The standard InChI is InChI=1S/C52H38N2S/c1-33(2)27-34-11-9-13-39(28-34)53-49-20-8-5-17-43(49)44-30-36(21-24-50(44)53)38-23-26-52-46(32-38)45-31-37(22-25-51(45)55-52)35-12-10-14-40(29-35)54-47-18-6-3-15-41(47)42-16-4-7-19-48(42)54/h3-26,28-33H,27H2,1-2H3. The maximum atomic E-state index is 2.44. The summed E-state index contributed by atoms with van der Waals surface area (Å²) in [5.74, 6) is 0.615. The van der Waals surface area contributed by atoms with E-state index in [0.717, 1.165) is 6.42 Å². The Bertz CT molecular complexity index is 3230. The van der Waals surface area contributed by atoms with Crippen LogP contribution in [0, 0.1) is 5.92 Å². The van der Waals surface area contributed by atoms with E-state index in [1.54, 1.807) is 0 Å². The number of hydrogen-bond acceptors (Lipinski definition) is 1. The Balaban J connectivity index is 1.01. The summed E-state index contributed by atoms with van der Waals surface area (Å²) < 4.78 is 7.46. The number of aromatic nitrogens is 2. The van der Waals surface area contributed by atoms with Crippen molar-refractivity contribution in [2.75, 3.05) is 0 Å². The number of fused-ring (bicyclic) bond motifs is 9. The van der Waals surface area contributed by atoms with Gasteiger partial charge < -0.3 is 9.13 Å². The van der Waals surface area contributed by atoms with Crippen LogP contribution in [0.1, 0.15) is 19.4 Å². The van der Waals surface area contributed by atoms with Crippen molar-refractivity contribution >= 4 is 75.1 Å². The van der Waals surface area contributed by atoms with E-state index < -0.39 is 0 Å². The zero-order chi connectivity index (χ0) is 36.6. The van der Waals surface area contributed by atoms with E-state index in [0.29, 0.717) is 5.92 Å². The van der Waals surface area contributed by atoms with E-state index in [2.05, 4.69) is 199 Å². The van der Waals surface area contributed by atoms with Gasteiger partial charge in [0.15, 0.2) is 0 Å². The van der Waals surface area contributed by atoms with Crippen molar-refractivity contribution in [1.29, 1.82) is 0 Å². The minimum absolute atomic E-state index is 0.615. The quantitative estimate of drug-likeness (QED) is 0.162. The van der Waals surface area contributed by atoms with Crippen molar-refractivity contribution in [3.8, 4) is 33.6 Å². The highest BCUT2D eigenvalue weighted by Gasteiger charge is 2.16. The third kappa shape index (κ3) is 5.22. The average Bonchev–Trinajstić information content (AvgIpc) is 3.87. The van der Waals surface area contributed by atoms with Crippen LogP contribution < -0.4 is 0 Å². The fourth-order valence-corrected chi connectivity index (χ4v) is 9.95. The van der Waals surface area contributed by atoms with E-state index in [1.807, 2.05) is 11.3 Å². The third-order valence-electron chi connectivity index (χ3n) is 11.3. The van der Waals surface area contributed by atoms with Crippen molar-refractivity contribution in [3.63, 3.8) is 0 Å². The van der Waals surface area contributed by atoms with Gasteiger partial charge in [-0.15, -0.1) is 11.3 Å². The summed E-state index contributed by atoms with van der Waals surface area (Å²) in [6.45, 7) is 4.58. The molecule has 0 atom stereocenters. The minimum atomic E-state index is 0.615. The van der Waals surface area contributed by atoms with Gasteiger partial charge in [0.05, 0.1) is 22.1 Å². The first-order chi connectivity index (χ1) is 27.1. The Morgan fingerprint density at radius 3 is 1.42 bits per heavy atom. The topological polar surface area (TPSA) is 9.86 Å². The number of nitrogens with zero attached hydrogens (tertiary/aromatic N) is 2. The van der Waals surface area contributed by atoms with Crippen LogP contribution >= 0.6 is 11.3 Å². The Hall–Kier alpha value is -6.42. The Kier molecular flexibility index (Phi) is 7.33. The first-order valence-corrected chi connectivity index (χ1v) is 20.1. The zero-order valence-electron chi connectivity index (χ0n) is 30.8. The largest absolute Gasteiger partial charge is 0.309 e. The summed E-state index contributed by atoms with van der Waals surface area (Å²) in [6, 6.07) is 65.4. The second-order valence-corrected chi connectivity index (χ2v) is 16.4. The molecule has 0 unspecified atom stereocenters. The van der Waals surface area contributed by atoms with Gasteiger partial charge in [0.2, 0.25) is 0 Å². The van der Waals surface area contributed by atoms with E-state index in [9.17, 15) is 0 Å². The van der Waals surface area contributed by atoms with Crippen LogP contribution in [-0.4, -0.2) is 9.13 Å². The summed E-state index contributed by atoms with van der Waals surface area (Å²) in [4.78, 5) is 0. The molecular formula is C52H38N2S. The molecule has 0 aliphatic rings. The Labute approximate surface area is 324 Å². The summed E-state index contributed by atoms with van der Waals surface area (Å²) in [5, 5.41) is 7.74. The SMILES string of the molecule is CC(C)Cc1cccc(-n2c3ccccc3c3cc(-c4ccc5sc6ccc(-c7cccc(-n8c9ccccc9c9ccccc98)c7)cc6c5c4)ccc32)c1. The molecule has 262 valence electrons. The van der Waals surface area contributed by atoms with Crippen LogP contribution in [-0.2, 0) is 6.42 Å². The lowest BCUT2D eigenvalue weighted by Crippen LogP contribution is -1.98. The highest BCUT2D eigenvalue weighted by atomic mass is 32.1. The predicted octanol–water partition coefficient (Wildman–Crippen LogP) is 14.8. The minimum Gasteiger partial charge on any atom is -0.309 e. The van der Waals surface area contributed by atoms with Gasteiger partial charge in [-0.2, -0.15) is 0 Å². The monoisotopic (exact) mass is 722 g/mol. The lowest BCUT2D eigenvalue weighted by atomic mass is 9.99. The summed E-state index contributed by atoms with van der Waals surface area (Å²) >= 11 is 1.88. The van der Waals surface area contributed by atoms with Gasteiger partial charge in [-0.25, -0.2) is 0 Å². The highest BCUT2D eigenvalue weighted by Crippen LogP contribution is 2.41. The number of rotatable bonds is 6. The molecule has 8 aromatic carbocycles. The molecule has 0 saturated carbocycles. The Morgan fingerprint density at radius 1 is 0.382 bits per heavy atom. The smallest absolute Gasteiger partial charge is 0.0541 e. The van der Waals surface area contributed by atoms with Gasteiger partial charge in [-0.3, -0.25) is 0 Å². The van der Waals surface area contributed by atoms with Gasteiger partial charge in [0.1, 0.15) is 0 Å². The maximum Gasteiger partial charge on any atom is 0.0541 e. The summed E-state index contributed by atoms with van der Waals surface area (Å²) in [7, 11) is 0. The van der Waals surface area contributed by atoms with Crippen LogP contribution in [0.4, 0.5) is 0 Å². The van der Waals surface area contributed by atoms with E-state index in [1.165, 1.54) is 103 Å². The molecule has 0 amide bonds. The lowest BCUT2D eigenvalue weighted by Gasteiger charge is -2.11. The van der Waals surface area contributed by atoms with Gasteiger partial charge in [-0.05, 0) is 119 Å². The molecular weight excluding hydrogens is 685 g/mol. The van der Waals surface area contributed by atoms with Gasteiger partial charge in [0, 0.05) is 53.1 Å². The van der Waals surface area contributed by atoms with E-state index in [4.69, 9.17) is 0 Å². The Morgan fingerprint density at radius 2 is 0.836 bits per heavy atom. The fourth-order valence-electron chi connectivity index (χ4n) is 8.89. The summed E-state index contributed by atoms with van der Waals surface area (Å²) in [6.07, 6.45) is 1.07. The molecule has 3 heterocycles. The second kappa shape index (κ2) is 12.6. The molecule has 2 nitrogen and oxygen atoms in total. The number of benzene rings is 8. The number of thiophene rings is 1. The lowest BCUT2D eigenvalue weighted by molar-refractivity contribution is 0.647. The molecule has 0 fully saturated rings. The van der Waals surface area contributed by atoms with Crippen molar-refractivity contribution in [3.05, 3.63) is 181 Å². The molecule has 3 heteroatoms. The molecule has 0 radical (unpaired) electrons. The third-order valence-corrected chi connectivity index (χ3v) is 12.5. The number of para-hydroxylation sites is 3. The molecule has 0 saturated heterocycles. The number of hydrogen-bond donors (Lipinski definition) is 0. The van der Waals surface area contributed by atoms with Gasteiger partial charge in [0.25, 0.3) is 0 Å². The van der Waals surface area contributed by atoms with Crippen molar-refractivity contribution < 1.29 is 0 Å². The van der Waals surface area contributed by atoms with Gasteiger partial charge in [-0.1, -0.05) is 111 Å². The molecule has 0 bridgehead atoms. The van der Waals surface area contributed by atoms with Crippen LogP contribution in [0.2, 0.25) is 0 Å². The molecule has 0 aliphatic carbocycles. The molecule has 11 rings (SSSR count). The van der Waals surface area contributed by atoms with Crippen LogP contribution in [0.15, 0.2) is 176 Å². The fraction of sp³-hybridized carbons (Fsp3) is 0.0769. The summed E-state index contributed by atoms with van der Waals surface area (Å²) in [5.41, 5.74) is 13.6. The van der Waals surface area contributed by atoms with Crippen molar-refractivity contribution in [2.45, 2.75) is 20.3 Å². The highest BCUT2D eigenvalue weighted by molar-refractivity contribution is 7.25. The van der Waals surface area contributed by atoms with Gasteiger partial charge >= 0.3 is 0 Å². The van der Waals surface area contributed by atoms with Crippen LogP contribution in [0.3, 0.4) is 0 Å². The molecule has 0 spiro atoms. The molecule has 3 aromatic heterocycles. The van der Waals surface area contributed by atoms with Crippen LogP contribution in [0.25, 0.3) is 97.4 Å². The normalized spacial score (nSPS) is 12.1. The molecule has 11 aromatic rings. The zero-order valence-corrected chi connectivity index (χ0v) is 31.6.